The van der Waals surface area contributed by atoms with Crippen LogP contribution in [0.5, 0.6) is 0 Å². The number of cyclic esters (lactones) is 1. The van der Waals surface area contributed by atoms with Gasteiger partial charge in [0.2, 0.25) is 0 Å². The van der Waals surface area contributed by atoms with Crippen LogP contribution in [0.3, 0.4) is 0 Å². The van der Waals surface area contributed by atoms with Crippen LogP contribution in [-0.2, 0) is 9.53 Å². The van der Waals surface area contributed by atoms with Gasteiger partial charge in [-0.05, 0) is 0 Å². The van der Waals surface area contributed by atoms with Crippen LogP contribution < -0.4 is 24.0 Å². The highest BCUT2D eigenvalue weighted by Gasteiger charge is 2.32. The van der Waals surface area contributed by atoms with Gasteiger partial charge in [0.15, 0.2) is 6.61 Å². The molecule has 0 unspecified atom stereocenters. The Morgan fingerprint density at radius 3 is 2.47 bits per heavy atom. The quantitative estimate of drug-likeness (QED) is 0.418. The Labute approximate surface area is 119 Å². The predicted molar refractivity (Wildman–Crippen MR) is 57.7 cm³/mol. The van der Waals surface area contributed by atoms with Crippen LogP contribution in [0.2, 0.25) is 0 Å². The Morgan fingerprint density at radius 2 is 1.94 bits per heavy atom. The van der Waals surface area contributed by atoms with E-state index in [-0.39, 0.29) is 36.5 Å². The molecule has 0 aromatic heterocycles. The molecule has 2 aliphatic heterocycles. The molecule has 0 aromatic rings. The van der Waals surface area contributed by atoms with Gasteiger partial charge in [0, 0.05) is 25.8 Å². The van der Waals surface area contributed by atoms with E-state index in [9.17, 15) is 9.59 Å². The van der Waals surface area contributed by atoms with E-state index in [1.165, 1.54) is 30.8 Å². The highest BCUT2D eigenvalue weighted by Crippen LogP contribution is 2.17. The Morgan fingerprint density at radius 1 is 1.29 bits per heavy atom. The van der Waals surface area contributed by atoms with Crippen LogP contribution in [-0.4, -0.2) is 61.2 Å². The fourth-order valence-corrected chi connectivity index (χ4v) is 2.53. The molecule has 98 valence electrons. The number of hydrogen-bond acceptors (Lipinski definition) is 3. The molecule has 0 spiro atoms. The van der Waals surface area contributed by atoms with Crippen molar-refractivity contribution in [1.29, 1.82) is 0 Å². The van der Waals surface area contributed by atoms with Crippen LogP contribution in [0.25, 0.3) is 0 Å². The number of carbonyl (C=O) groups is 2. The Bertz CT molecular complexity index is 287. The van der Waals surface area contributed by atoms with Crippen LogP contribution in [0.4, 0.5) is 4.79 Å². The van der Waals surface area contributed by atoms with Gasteiger partial charge in [0.1, 0.15) is 0 Å². The maximum Gasteiger partial charge on any atom is 0.417 e. The van der Waals surface area contributed by atoms with Gasteiger partial charge < -0.3 is 33.2 Å². The molecule has 0 aromatic carbocycles. The van der Waals surface area contributed by atoms with Crippen molar-refractivity contribution < 1.29 is 42.8 Å². The molecular weight excluding hydrogens is 335 g/mol. The molecule has 0 aliphatic carbocycles. The monoisotopic (exact) mass is 354 g/mol. The first-order valence-corrected chi connectivity index (χ1v) is 5.91. The van der Waals surface area contributed by atoms with Gasteiger partial charge in [-0.25, -0.2) is 9.69 Å². The predicted octanol–water partition coefficient (Wildman–Crippen LogP) is -2.40. The van der Waals surface area contributed by atoms with Crippen LogP contribution in [0.15, 0.2) is 0 Å². The minimum Gasteiger partial charge on any atom is -1.00 e. The average Bonchev–Trinajstić information content (AvgIpc) is 2.79. The number of rotatable bonds is 4. The summed E-state index contributed by atoms with van der Waals surface area (Å²) in [6, 6.07) is 0. The van der Waals surface area contributed by atoms with Gasteiger partial charge in [-0.2, -0.15) is 0 Å². The SMILES string of the molecule is C[N+]1(CCCN2C(=O)COC2=O)CCCC1.[I-]. The molecule has 17 heavy (non-hydrogen) atoms. The lowest BCUT2D eigenvalue weighted by Gasteiger charge is -2.29. The third-order valence-electron chi connectivity index (χ3n) is 3.57. The van der Waals surface area contributed by atoms with Gasteiger partial charge in [0.25, 0.3) is 5.91 Å². The van der Waals surface area contributed by atoms with E-state index in [4.69, 9.17) is 0 Å². The summed E-state index contributed by atoms with van der Waals surface area (Å²) in [5.74, 6) is -0.200. The van der Waals surface area contributed by atoms with Crippen molar-refractivity contribution in [1.82, 2.24) is 4.90 Å². The number of ether oxygens (including phenoxy) is 1. The fraction of sp³-hybridized carbons (Fsp3) is 0.818. The Kier molecular flexibility index (Phi) is 5.18. The summed E-state index contributed by atoms with van der Waals surface area (Å²) < 4.78 is 5.74. The van der Waals surface area contributed by atoms with Crippen molar-refractivity contribution in [2.45, 2.75) is 19.3 Å². The van der Waals surface area contributed by atoms with E-state index in [2.05, 4.69) is 11.8 Å². The topological polar surface area (TPSA) is 46.6 Å². The number of imide groups is 1. The number of hydrogen-bond donors (Lipinski definition) is 0. The first-order valence-electron chi connectivity index (χ1n) is 5.91. The van der Waals surface area contributed by atoms with Gasteiger partial charge in [-0.15, -0.1) is 0 Å². The first-order chi connectivity index (χ1) is 7.61. The molecule has 2 saturated heterocycles. The van der Waals surface area contributed by atoms with E-state index in [0.29, 0.717) is 6.54 Å². The summed E-state index contributed by atoms with van der Waals surface area (Å²) in [5, 5.41) is 0. The second kappa shape index (κ2) is 5.99. The van der Waals surface area contributed by atoms with Gasteiger partial charge in [-0.1, -0.05) is 0 Å². The smallest absolute Gasteiger partial charge is 0.417 e. The molecule has 0 bridgehead atoms. The van der Waals surface area contributed by atoms with Crippen LogP contribution in [0, 0.1) is 0 Å². The molecule has 2 aliphatic rings. The number of carbonyl (C=O) groups excluding carboxylic acids is 2. The third kappa shape index (κ3) is 3.54. The second-order valence-corrected chi connectivity index (χ2v) is 4.95. The van der Waals surface area contributed by atoms with E-state index in [1.807, 2.05) is 0 Å². The molecule has 2 amide bonds. The lowest BCUT2D eigenvalue weighted by Crippen LogP contribution is -3.00. The standard InChI is InChI=1S/C11H19N2O3.HI/c1-13(6-2-3-7-13)8-4-5-12-10(14)9-16-11(12)15;/h2-9H2,1H3;1H/q+1;/p-1. The van der Waals surface area contributed by atoms with E-state index < -0.39 is 6.09 Å². The Hall–Kier alpha value is -0.370. The molecular formula is C11H19IN2O3. The zero-order valence-corrected chi connectivity index (χ0v) is 12.3. The number of likely N-dealkylation sites (tertiary alicyclic amines) is 1. The zero-order valence-electron chi connectivity index (χ0n) is 10.2. The van der Waals surface area contributed by atoms with Crippen molar-refractivity contribution in [3.8, 4) is 0 Å². The summed E-state index contributed by atoms with van der Waals surface area (Å²) in [6.45, 7) is 3.91. The number of amides is 2. The highest BCUT2D eigenvalue weighted by molar-refractivity contribution is 5.97. The lowest BCUT2D eigenvalue weighted by molar-refractivity contribution is -0.897. The molecule has 5 nitrogen and oxygen atoms in total. The molecule has 6 heteroatoms. The van der Waals surface area contributed by atoms with E-state index in [1.54, 1.807) is 0 Å². The number of quaternary nitrogens is 1. The maximum atomic E-state index is 11.3. The third-order valence-corrected chi connectivity index (χ3v) is 3.57. The molecule has 2 rings (SSSR count). The van der Waals surface area contributed by atoms with Crippen LogP contribution in [0.1, 0.15) is 19.3 Å². The maximum absolute atomic E-state index is 11.3. The zero-order chi connectivity index (χ0) is 11.6. The molecule has 0 N–H and O–H groups in total. The molecule has 0 saturated carbocycles. The summed E-state index contributed by atoms with van der Waals surface area (Å²) in [5.41, 5.74) is 0. The fourth-order valence-electron chi connectivity index (χ4n) is 2.53. The Balaban J connectivity index is 0.00000144. The normalized spacial score (nSPS) is 22.5. The minimum atomic E-state index is -0.478. The van der Waals surface area contributed by atoms with Crippen molar-refractivity contribution >= 4 is 12.0 Å². The van der Waals surface area contributed by atoms with E-state index in [0.717, 1.165) is 17.4 Å². The molecule has 2 heterocycles. The van der Waals surface area contributed by atoms with Crippen LogP contribution >= 0.6 is 0 Å². The number of nitrogens with zero attached hydrogens (tertiary/aromatic N) is 2. The molecule has 0 atom stereocenters. The summed E-state index contributed by atoms with van der Waals surface area (Å²) in [4.78, 5) is 23.7. The second-order valence-electron chi connectivity index (χ2n) is 4.95. The van der Waals surface area contributed by atoms with Gasteiger partial charge in [-0.3, -0.25) is 4.79 Å². The van der Waals surface area contributed by atoms with Crippen molar-refractivity contribution in [3.05, 3.63) is 0 Å². The largest absolute Gasteiger partial charge is 1.00 e. The average molecular weight is 354 g/mol. The summed E-state index contributed by atoms with van der Waals surface area (Å²) in [7, 11) is 2.25. The summed E-state index contributed by atoms with van der Waals surface area (Å²) in [6.07, 6.45) is 2.98. The molecule has 0 radical (unpaired) electrons. The summed E-state index contributed by atoms with van der Waals surface area (Å²) >= 11 is 0. The van der Waals surface area contributed by atoms with Crippen molar-refractivity contribution in [2.75, 3.05) is 39.8 Å². The van der Waals surface area contributed by atoms with Crippen molar-refractivity contribution in [3.63, 3.8) is 0 Å². The number of halogens is 1. The van der Waals surface area contributed by atoms with Crippen molar-refractivity contribution in [2.24, 2.45) is 0 Å². The highest BCUT2D eigenvalue weighted by atomic mass is 127. The van der Waals surface area contributed by atoms with Gasteiger partial charge in [0.05, 0.1) is 26.7 Å². The first kappa shape index (κ1) is 14.7. The van der Waals surface area contributed by atoms with Gasteiger partial charge >= 0.3 is 6.09 Å². The molecule has 2 fully saturated rings. The lowest BCUT2D eigenvalue weighted by atomic mass is 10.3. The minimum absolute atomic E-state index is 0. The van der Waals surface area contributed by atoms with E-state index >= 15 is 0 Å².